The minimum atomic E-state index is -0.0875. The molecule has 26 heavy (non-hydrogen) atoms. The van der Waals surface area contributed by atoms with E-state index in [9.17, 15) is 0 Å². The van der Waals surface area contributed by atoms with Crippen LogP contribution in [0.4, 0.5) is 0 Å². The van der Waals surface area contributed by atoms with E-state index in [0.717, 1.165) is 6.42 Å². The van der Waals surface area contributed by atoms with Crippen molar-refractivity contribution in [3.63, 3.8) is 0 Å². The molecule has 0 N–H and O–H groups in total. The molecule has 3 aromatic carbocycles. The van der Waals surface area contributed by atoms with Crippen LogP contribution in [0.2, 0.25) is 0 Å². The van der Waals surface area contributed by atoms with Gasteiger partial charge in [-0.1, -0.05) is 90.0 Å². The molecule has 0 heteroatoms. The van der Waals surface area contributed by atoms with Crippen LogP contribution in [0.5, 0.6) is 0 Å². The van der Waals surface area contributed by atoms with Gasteiger partial charge >= 0.3 is 0 Å². The minimum Gasteiger partial charge on any atom is -0.0748 e. The second kappa shape index (κ2) is 5.57. The molecule has 3 aromatic rings. The van der Waals surface area contributed by atoms with E-state index in [0.29, 0.717) is 0 Å². The van der Waals surface area contributed by atoms with E-state index in [1.807, 2.05) is 0 Å². The van der Waals surface area contributed by atoms with E-state index < -0.39 is 0 Å². The van der Waals surface area contributed by atoms with Gasteiger partial charge in [0.25, 0.3) is 0 Å². The molecule has 0 atom stereocenters. The summed E-state index contributed by atoms with van der Waals surface area (Å²) < 4.78 is 0. The Balaban J connectivity index is 1.75. The van der Waals surface area contributed by atoms with Crippen molar-refractivity contribution in [1.82, 2.24) is 0 Å². The molecule has 0 unspecified atom stereocenters. The zero-order chi connectivity index (χ0) is 17.7. The Morgan fingerprint density at radius 1 is 0.692 bits per heavy atom. The smallest absolute Gasteiger partial charge is 0.0492 e. The third-order valence-electron chi connectivity index (χ3n) is 6.00. The van der Waals surface area contributed by atoms with Crippen molar-refractivity contribution in [2.75, 3.05) is 0 Å². The van der Waals surface area contributed by atoms with Gasteiger partial charge in [0.15, 0.2) is 0 Å². The highest BCUT2D eigenvalue weighted by molar-refractivity contribution is 5.99. The molecule has 126 valence electrons. The van der Waals surface area contributed by atoms with Crippen LogP contribution in [0.3, 0.4) is 0 Å². The summed E-state index contributed by atoms with van der Waals surface area (Å²) in [4.78, 5) is 0. The SMILES string of the molecule is Cc1ccc(C2(c3ccc(C)cc3)CC=C3C2=Cc2ccccc23)cc1. The average molecular weight is 334 g/mol. The van der Waals surface area contributed by atoms with Crippen molar-refractivity contribution in [1.29, 1.82) is 0 Å². The van der Waals surface area contributed by atoms with Crippen LogP contribution in [0.15, 0.2) is 84.4 Å². The van der Waals surface area contributed by atoms with Gasteiger partial charge in [-0.25, -0.2) is 0 Å². The first-order valence-corrected chi connectivity index (χ1v) is 9.35. The second-order valence-electron chi connectivity index (χ2n) is 7.60. The second-order valence-corrected chi connectivity index (χ2v) is 7.60. The Labute approximate surface area is 155 Å². The molecule has 0 spiro atoms. The molecule has 0 nitrogen and oxygen atoms in total. The lowest BCUT2D eigenvalue weighted by Crippen LogP contribution is -2.26. The first-order valence-electron chi connectivity index (χ1n) is 9.35. The molecule has 0 aliphatic heterocycles. The first-order chi connectivity index (χ1) is 12.7. The van der Waals surface area contributed by atoms with Crippen LogP contribution in [0.1, 0.15) is 39.8 Å². The fourth-order valence-corrected chi connectivity index (χ4v) is 4.57. The normalized spacial score (nSPS) is 16.7. The number of allylic oxidation sites excluding steroid dienone is 3. The Kier molecular flexibility index (Phi) is 3.30. The van der Waals surface area contributed by atoms with Crippen molar-refractivity contribution in [3.05, 3.63) is 118 Å². The van der Waals surface area contributed by atoms with Gasteiger partial charge in [0.05, 0.1) is 0 Å². The molecule has 0 bridgehead atoms. The van der Waals surface area contributed by atoms with Gasteiger partial charge in [-0.05, 0) is 59.7 Å². The molecule has 2 aliphatic rings. The summed E-state index contributed by atoms with van der Waals surface area (Å²) in [6.45, 7) is 4.32. The number of benzene rings is 3. The van der Waals surface area contributed by atoms with Crippen molar-refractivity contribution in [2.24, 2.45) is 0 Å². The van der Waals surface area contributed by atoms with Crippen LogP contribution in [-0.2, 0) is 5.41 Å². The van der Waals surface area contributed by atoms with E-state index in [2.05, 4.69) is 98.8 Å². The van der Waals surface area contributed by atoms with E-state index in [1.165, 1.54) is 44.5 Å². The Bertz CT molecular complexity index is 998. The largest absolute Gasteiger partial charge is 0.0748 e. The molecule has 5 rings (SSSR count). The van der Waals surface area contributed by atoms with Crippen LogP contribution < -0.4 is 0 Å². The predicted octanol–water partition coefficient (Wildman–Crippen LogP) is 6.47. The van der Waals surface area contributed by atoms with E-state index in [1.54, 1.807) is 0 Å². The molecule has 0 heterocycles. The van der Waals surface area contributed by atoms with Gasteiger partial charge in [-0.3, -0.25) is 0 Å². The summed E-state index contributed by atoms with van der Waals surface area (Å²) in [5, 5.41) is 0. The highest BCUT2D eigenvalue weighted by Crippen LogP contribution is 2.56. The van der Waals surface area contributed by atoms with Gasteiger partial charge in [0.1, 0.15) is 0 Å². The molecule has 0 fully saturated rings. The number of aryl methyl sites for hydroxylation is 2. The van der Waals surface area contributed by atoms with Crippen LogP contribution in [0.25, 0.3) is 11.6 Å². The molecule has 0 saturated heterocycles. The summed E-state index contributed by atoms with van der Waals surface area (Å²) in [6.07, 6.45) is 5.87. The number of rotatable bonds is 2. The molecule has 0 radical (unpaired) electrons. The zero-order valence-corrected chi connectivity index (χ0v) is 15.3. The topological polar surface area (TPSA) is 0 Å². The maximum absolute atomic E-state index is 2.44. The highest BCUT2D eigenvalue weighted by Gasteiger charge is 2.44. The summed E-state index contributed by atoms with van der Waals surface area (Å²) in [5.74, 6) is 0. The quantitative estimate of drug-likeness (QED) is 0.503. The zero-order valence-electron chi connectivity index (χ0n) is 15.3. The number of hydrogen-bond acceptors (Lipinski definition) is 0. The Morgan fingerprint density at radius 3 is 1.88 bits per heavy atom. The highest BCUT2D eigenvalue weighted by atomic mass is 14.5. The number of hydrogen-bond donors (Lipinski definition) is 0. The molecular weight excluding hydrogens is 312 g/mol. The van der Waals surface area contributed by atoms with E-state index in [4.69, 9.17) is 0 Å². The predicted molar refractivity (Wildman–Crippen MR) is 110 cm³/mol. The van der Waals surface area contributed by atoms with Crippen molar-refractivity contribution < 1.29 is 0 Å². The van der Waals surface area contributed by atoms with Crippen molar-refractivity contribution in [3.8, 4) is 0 Å². The van der Waals surface area contributed by atoms with E-state index >= 15 is 0 Å². The van der Waals surface area contributed by atoms with Crippen LogP contribution in [0, 0.1) is 13.8 Å². The summed E-state index contributed by atoms with van der Waals surface area (Å²) >= 11 is 0. The standard InChI is InChI=1S/C26H22/c1-18-7-11-21(12-8-18)26(22-13-9-19(2)10-14-22)16-15-24-23-6-4-3-5-20(23)17-25(24)26/h3-15,17H,16H2,1-2H3. The molecule has 0 amide bonds. The fourth-order valence-electron chi connectivity index (χ4n) is 4.57. The van der Waals surface area contributed by atoms with Crippen molar-refractivity contribution >= 4 is 11.6 Å². The van der Waals surface area contributed by atoms with Gasteiger partial charge in [0.2, 0.25) is 0 Å². The average Bonchev–Trinajstić information content (AvgIpc) is 3.21. The minimum absolute atomic E-state index is 0.0875. The van der Waals surface area contributed by atoms with Gasteiger partial charge in [-0.2, -0.15) is 0 Å². The third kappa shape index (κ3) is 2.08. The molecule has 0 saturated carbocycles. The molecular formula is C26H22. The molecule has 2 aliphatic carbocycles. The van der Waals surface area contributed by atoms with Gasteiger partial charge in [0, 0.05) is 5.41 Å². The lowest BCUT2D eigenvalue weighted by atomic mass is 9.69. The first kappa shape index (κ1) is 15.4. The summed E-state index contributed by atoms with van der Waals surface area (Å²) in [5.41, 5.74) is 10.9. The maximum Gasteiger partial charge on any atom is 0.0492 e. The van der Waals surface area contributed by atoms with Crippen LogP contribution >= 0.6 is 0 Å². The van der Waals surface area contributed by atoms with Gasteiger partial charge in [-0.15, -0.1) is 0 Å². The number of fused-ring (bicyclic) bond motifs is 3. The Hall–Kier alpha value is -2.86. The summed E-state index contributed by atoms with van der Waals surface area (Å²) in [7, 11) is 0. The van der Waals surface area contributed by atoms with Crippen LogP contribution in [-0.4, -0.2) is 0 Å². The Morgan fingerprint density at radius 2 is 1.27 bits per heavy atom. The lowest BCUT2D eigenvalue weighted by Gasteiger charge is -2.33. The monoisotopic (exact) mass is 334 g/mol. The van der Waals surface area contributed by atoms with Gasteiger partial charge < -0.3 is 0 Å². The van der Waals surface area contributed by atoms with Crippen molar-refractivity contribution in [2.45, 2.75) is 25.7 Å². The molecule has 0 aromatic heterocycles. The lowest BCUT2D eigenvalue weighted by molar-refractivity contribution is 0.655. The summed E-state index contributed by atoms with van der Waals surface area (Å²) in [6, 6.07) is 27.0. The maximum atomic E-state index is 2.44. The van der Waals surface area contributed by atoms with E-state index in [-0.39, 0.29) is 5.41 Å². The third-order valence-corrected chi connectivity index (χ3v) is 6.00. The fraction of sp³-hybridized carbons (Fsp3) is 0.154.